The molecule has 1 aromatic carbocycles. The second-order valence-electron chi connectivity index (χ2n) is 7.19. The normalized spacial score (nSPS) is 18.5. The second kappa shape index (κ2) is 8.39. The molecule has 2 aliphatic rings. The molecule has 6 nitrogen and oxygen atoms in total. The van der Waals surface area contributed by atoms with Gasteiger partial charge >= 0.3 is 0 Å². The van der Waals surface area contributed by atoms with Crippen LogP contribution in [0.3, 0.4) is 0 Å². The predicted octanol–water partition coefficient (Wildman–Crippen LogP) is 4.59. The largest absolute Gasteiger partial charge is 0.497 e. The summed E-state index contributed by atoms with van der Waals surface area (Å²) in [5, 5.41) is 8.91. The Morgan fingerprint density at radius 3 is 2.82 bits per heavy atom. The van der Waals surface area contributed by atoms with Crippen LogP contribution in [-0.4, -0.2) is 33.4 Å². The third-order valence-electron chi connectivity index (χ3n) is 5.26. The van der Waals surface area contributed by atoms with Gasteiger partial charge in [-0.3, -0.25) is 4.79 Å². The number of anilines is 1. The molecule has 4 rings (SSSR count). The number of ether oxygens (including phenoxy) is 1. The number of nitrogens with one attached hydrogen (secondary N) is 1. The SMILES string of the molecule is CCCCCSc1nc2n(n1)[C@H](c1ccc(OC)cc1)C1=C(CCCC1=O)N2. The third kappa shape index (κ3) is 3.68. The van der Waals surface area contributed by atoms with Crippen molar-refractivity contribution in [2.45, 2.75) is 56.6 Å². The predicted molar refractivity (Wildman–Crippen MR) is 111 cm³/mol. The van der Waals surface area contributed by atoms with Crippen LogP contribution in [-0.2, 0) is 4.79 Å². The summed E-state index contributed by atoms with van der Waals surface area (Å²) >= 11 is 1.68. The molecule has 1 aliphatic carbocycles. The molecule has 1 N–H and O–H groups in total. The number of hydrogen-bond acceptors (Lipinski definition) is 6. The molecule has 0 saturated carbocycles. The van der Waals surface area contributed by atoms with Gasteiger partial charge in [0.05, 0.1) is 7.11 Å². The van der Waals surface area contributed by atoms with Crippen LogP contribution >= 0.6 is 11.8 Å². The van der Waals surface area contributed by atoms with E-state index in [2.05, 4.69) is 12.2 Å². The molecule has 7 heteroatoms. The zero-order valence-electron chi connectivity index (χ0n) is 16.4. The first kappa shape index (κ1) is 19.1. The Hall–Kier alpha value is -2.28. The Balaban J connectivity index is 1.69. The van der Waals surface area contributed by atoms with Crippen LogP contribution in [0.15, 0.2) is 40.7 Å². The summed E-state index contributed by atoms with van der Waals surface area (Å²) in [4.78, 5) is 17.5. The number of aromatic nitrogens is 3. The van der Waals surface area contributed by atoms with E-state index in [4.69, 9.17) is 14.8 Å². The van der Waals surface area contributed by atoms with Crippen molar-refractivity contribution in [1.82, 2.24) is 14.8 Å². The average Bonchev–Trinajstić information content (AvgIpc) is 3.12. The molecular formula is C21H26N4O2S. The second-order valence-corrected chi connectivity index (χ2v) is 8.25. The highest BCUT2D eigenvalue weighted by Gasteiger charge is 2.36. The van der Waals surface area contributed by atoms with Crippen molar-refractivity contribution in [2.75, 3.05) is 18.2 Å². The minimum atomic E-state index is -0.234. The maximum absolute atomic E-state index is 12.8. The van der Waals surface area contributed by atoms with Gasteiger partial charge < -0.3 is 10.1 Å². The molecule has 0 fully saturated rings. The number of rotatable bonds is 7. The van der Waals surface area contributed by atoms with Crippen LogP contribution in [0.4, 0.5) is 5.95 Å². The van der Waals surface area contributed by atoms with Gasteiger partial charge in [0.15, 0.2) is 5.78 Å². The van der Waals surface area contributed by atoms with Crippen molar-refractivity contribution >= 4 is 23.5 Å². The molecule has 1 atom stereocenters. The molecule has 2 aromatic rings. The minimum Gasteiger partial charge on any atom is -0.497 e. The lowest BCUT2D eigenvalue weighted by Crippen LogP contribution is -2.31. The van der Waals surface area contributed by atoms with Crippen molar-refractivity contribution in [2.24, 2.45) is 0 Å². The number of carbonyl (C=O) groups is 1. The number of thioether (sulfide) groups is 1. The van der Waals surface area contributed by atoms with E-state index in [1.807, 2.05) is 28.9 Å². The van der Waals surface area contributed by atoms with Crippen LogP contribution in [0.5, 0.6) is 5.75 Å². The summed E-state index contributed by atoms with van der Waals surface area (Å²) in [6, 6.07) is 7.66. The third-order valence-corrected chi connectivity index (χ3v) is 6.18. The molecule has 28 heavy (non-hydrogen) atoms. The number of Topliss-reactive ketones (excluding diaryl/α,β-unsaturated/α-hetero) is 1. The zero-order valence-corrected chi connectivity index (χ0v) is 17.2. The van der Waals surface area contributed by atoms with Crippen LogP contribution in [0.25, 0.3) is 0 Å². The molecule has 0 saturated heterocycles. The van der Waals surface area contributed by atoms with Crippen molar-refractivity contribution in [1.29, 1.82) is 0 Å². The lowest BCUT2D eigenvalue weighted by Gasteiger charge is -2.32. The fraction of sp³-hybridized carbons (Fsp3) is 0.476. The monoisotopic (exact) mass is 398 g/mol. The summed E-state index contributed by atoms with van der Waals surface area (Å²) in [6.45, 7) is 2.20. The molecule has 0 amide bonds. The molecule has 0 spiro atoms. The number of carbonyl (C=O) groups excluding carboxylic acids is 1. The van der Waals surface area contributed by atoms with Crippen molar-refractivity contribution in [3.63, 3.8) is 0 Å². The maximum atomic E-state index is 12.8. The molecule has 1 aliphatic heterocycles. The standard InChI is InChI=1S/C21H26N4O2S/c1-3-4-5-13-28-21-23-20-22-16-7-6-8-17(26)18(16)19(25(20)24-21)14-9-11-15(27-2)12-10-14/h9-12,19H,3-8,13H2,1-2H3,(H,22,23,24)/t19-/m1/s1. The molecular weight excluding hydrogens is 372 g/mol. The average molecular weight is 399 g/mol. The highest BCUT2D eigenvalue weighted by molar-refractivity contribution is 7.99. The van der Waals surface area contributed by atoms with E-state index in [0.717, 1.165) is 58.7 Å². The smallest absolute Gasteiger partial charge is 0.227 e. The van der Waals surface area contributed by atoms with Gasteiger partial charge in [-0.1, -0.05) is 43.7 Å². The van der Waals surface area contributed by atoms with Gasteiger partial charge in [-0.25, -0.2) is 4.68 Å². The van der Waals surface area contributed by atoms with Gasteiger partial charge in [0.2, 0.25) is 11.1 Å². The van der Waals surface area contributed by atoms with E-state index >= 15 is 0 Å². The van der Waals surface area contributed by atoms with E-state index in [-0.39, 0.29) is 11.8 Å². The summed E-state index contributed by atoms with van der Waals surface area (Å²) in [7, 11) is 1.66. The molecule has 148 valence electrons. The Kier molecular flexibility index (Phi) is 5.71. The Labute approximate surface area is 169 Å². The number of fused-ring (bicyclic) bond motifs is 1. The summed E-state index contributed by atoms with van der Waals surface area (Å²) in [6.07, 6.45) is 5.93. The molecule has 0 bridgehead atoms. The molecule has 2 heterocycles. The highest BCUT2D eigenvalue weighted by Crippen LogP contribution is 2.40. The number of ketones is 1. The van der Waals surface area contributed by atoms with Gasteiger partial charge in [0.25, 0.3) is 0 Å². The molecule has 0 radical (unpaired) electrons. The Bertz CT molecular complexity index is 888. The molecule has 0 unspecified atom stereocenters. The maximum Gasteiger partial charge on any atom is 0.227 e. The summed E-state index contributed by atoms with van der Waals surface area (Å²) in [5.74, 6) is 2.74. The number of methoxy groups -OCH3 is 1. The van der Waals surface area contributed by atoms with E-state index < -0.39 is 0 Å². The number of benzene rings is 1. The summed E-state index contributed by atoms with van der Waals surface area (Å²) < 4.78 is 7.17. The van der Waals surface area contributed by atoms with Gasteiger partial charge in [-0.05, 0) is 37.0 Å². The zero-order chi connectivity index (χ0) is 19.5. The van der Waals surface area contributed by atoms with E-state index in [1.165, 1.54) is 12.8 Å². The van der Waals surface area contributed by atoms with Gasteiger partial charge in [-0.15, -0.1) is 5.10 Å². The number of unbranched alkanes of at least 4 members (excludes halogenated alkanes) is 2. The first-order valence-corrected chi connectivity index (χ1v) is 11.0. The number of hydrogen-bond donors (Lipinski definition) is 1. The fourth-order valence-corrected chi connectivity index (χ4v) is 4.64. The van der Waals surface area contributed by atoms with E-state index in [1.54, 1.807) is 18.9 Å². The number of nitrogens with zero attached hydrogens (tertiary/aromatic N) is 3. The van der Waals surface area contributed by atoms with Crippen LogP contribution in [0.1, 0.15) is 57.1 Å². The molecule has 1 aromatic heterocycles. The first-order chi connectivity index (χ1) is 13.7. The Morgan fingerprint density at radius 2 is 2.07 bits per heavy atom. The van der Waals surface area contributed by atoms with Crippen LogP contribution < -0.4 is 10.1 Å². The van der Waals surface area contributed by atoms with Crippen LogP contribution in [0, 0.1) is 0 Å². The highest BCUT2D eigenvalue weighted by atomic mass is 32.2. The van der Waals surface area contributed by atoms with Gasteiger partial charge in [0, 0.05) is 23.4 Å². The minimum absolute atomic E-state index is 0.202. The lowest BCUT2D eigenvalue weighted by atomic mass is 9.85. The Morgan fingerprint density at radius 1 is 1.25 bits per heavy atom. The van der Waals surface area contributed by atoms with E-state index in [0.29, 0.717) is 6.42 Å². The summed E-state index contributed by atoms with van der Waals surface area (Å²) in [5.41, 5.74) is 2.86. The lowest BCUT2D eigenvalue weighted by molar-refractivity contribution is -0.116. The van der Waals surface area contributed by atoms with Crippen molar-refractivity contribution in [3.05, 3.63) is 41.1 Å². The van der Waals surface area contributed by atoms with Crippen molar-refractivity contribution in [3.8, 4) is 5.75 Å². The fourth-order valence-electron chi connectivity index (χ4n) is 3.81. The quantitative estimate of drug-likeness (QED) is 0.543. The van der Waals surface area contributed by atoms with Gasteiger partial charge in [0.1, 0.15) is 11.8 Å². The van der Waals surface area contributed by atoms with Gasteiger partial charge in [-0.2, -0.15) is 4.98 Å². The van der Waals surface area contributed by atoms with Crippen LogP contribution in [0.2, 0.25) is 0 Å². The first-order valence-electron chi connectivity index (χ1n) is 9.97. The number of allylic oxidation sites excluding steroid dienone is 2. The van der Waals surface area contributed by atoms with Crippen molar-refractivity contribution < 1.29 is 9.53 Å². The van der Waals surface area contributed by atoms with E-state index in [9.17, 15) is 4.79 Å². The topological polar surface area (TPSA) is 69.0 Å².